The van der Waals surface area contributed by atoms with Crippen molar-refractivity contribution in [3.8, 4) is 0 Å². The van der Waals surface area contributed by atoms with Crippen LogP contribution in [-0.2, 0) is 9.59 Å². The lowest BCUT2D eigenvalue weighted by Gasteiger charge is -2.02. The van der Waals surface area contributed by atoms with Crippen LogP contribution in [0.1, 0.15) is 19.8 Å². The Labute approximate surface area is 98.7 Å². The van der Waals surface area contributed by atoms with Gasteiger partial charge < -0.3 is 10.6 Å². The van der Waals surface area contributed by atoms with E-state index >= 15 is 0 Å². The van der Waals surface area contributed by atoms with Crippen molar-refractivity contribution < 1.29 is 9.59 Å². The molecule has 0 aromatic rings. The zero-order chi connectivity index (χ0) is 11.5. The first kappa shape index (κ1) is 14.6. The van der Waals surface area contributed by atoms with Gasteiger partial charge in [-0.25, -0.2) is 0 Å². The van der Waals surface area contributed by atoms with E-state index in [0.717, 1.165) is 11.5 Å². The zero-order valence-electron chi connectivity index (χ0n) is 9.17. The second-order valence-electron chi connectivity index (χ2n) is 2.77. The van der Waals surface area contributed by atoms with Gasteiger partial charge in [0.15, 0.2) is 0 Å². The van der Waals surface area contributed by atoms with Crippen LogP contribution in [0, 0.1) is 0 Å². The van der Waals surface area contributed by atoms with Gasteiger partial charge in [0.2, 0.25) is 11.8 Å². The fourth-order valence-corrected chi connectivity index (χ4v) is 2.78. The van der Waals surface area contributed by atoms with Gasteiger partial charge in [-0.05, 0) is 6.92 Å². The maximum absolute atomic E-state index is 11.0. The van der Waals surface area contributed by atoms with E-state index in [-0.39, 0.29) is 11.8 Å². The van der Waals surface area contributed by atoms with Crippen LogP contribution < -0.4 is 10.6 Å². The minimum atomic E-state index is 0.0619. The minimum Gasteiger partial charge on any atom is -0.359 e. The highest BCUT2D eigenvalue weighted by molar-refractivity contribution is 8.76. The SMILES string of the molecule is CCNC(=O)CCSSCCC(=O)NC. The fraction of sp³-hybridized carbons (Fsp3) is 0.778. The molecule has 0 heterocycles. The molecule has 0 aliphatic rings. The van der Waals surface area contributed by atoms with Crippen LogP contribution in [0.3, 0.4) is 0 Å². The number of rotatable bonds is 8. The molecule has 0 atom stereocenters. The normalized spacial score (nSPS) is 9.73. The molecule has 0 aliphatic carbocycles. The van der Waals surface area contributed by atoms with Crippen LogP contribution in [0.5, 0.6) is 0 Å². The number of hydrogen-bond acceptors (Lipinski definition) is 4. The zero-order valence-corrected chi connectivity index (χ0v) is 10.8. The molecular formula is C9H18N2O2S2. The van der Waals surface area contributed by atoms with Crippen molar-refractivity contribution in [1.29, 1.82) is 0 Å². The summed E-state index contributed by atoms with van der Waals surface area (Å²) in [5.74, 6) is 1.74. The second-order valence-corrected chi connectivity index (χ2v) is 5.47. The van der Waals surface area contributed by atoms with Crippen molar-refractivity contribution in [3.63, 3.8) is 0 Å². The van der Waals surface area contributed by atoms with Crippen molar-refractivity contribution in [2.24, 2.45) is 0 Å². The van der Waals surface area contributed by atoms with Gasteiger partial charge in [-0.15, -0.1) is 0 Å². The molecule has 4 nitrogen and oxygen atoms in total. The fourth-order valence-electron chi connectivity index (χ4n) is 0.797. The standard InChI is InChI=1S/C9H18N2O2S2/c1-3-11-9(13)5-7-15-14-6-4-8(12)10-2/h3-7H2,1-2H3,(H,10,12)(H,11,13). The van der Waals surface area contributed by atoms with Crippen LogP contribution in [0.2, 0.25) is 0 Å². The molecule has 0 aromatic carbocycles. The lowest BCUT2D eigenvalue weighted by Crippen LogP contribution is -2.22. The first-order valence-electron chi connectivity index (χ1n) is 4.92. The van der Waals surface area contributed by atoms with Gasteiger partial charge in [0, 0.05) is 37.9 Å². The summed E-state index contributed by atoms with van der Waals surface area (Å²) in [6.45, 7) is 2.59. The highest BCUT2D eigenvalue weighted by Gasteiger charge is 2.00. The summed E-state index contributed by atoms with van der Waals surface area (Å²) < 4.78 is 0. The van der Waals surface area contributed by atoms with Gasteiger partial charge in [0.25, 0.3) is 0 Å². The third-order valence-electron chi connectivity index (χ3n) is 1.56. The minimum absolute atomic E-state index is 0.0619. The molecule has 88 valence electrons. The summed E-state index contributed by atoms with van der Waals surface area (Å²) in [6.07, 6.45) is 1.08. The van der Waals surface area contributed by atoms with Crippen LogP contribution in [-0.4, -0.2) is 36.9 Å². The topological polar surface area (TPSA) is 58.2 Å². The Hall–Kier alpha value is -0.360. The molecule has 0 saturated heterocycles. The second kappa shape index (κ2) is 10.2. The molecule has 0 aliphatic heterocycles. The average molecular weight is 250 g/mol. The lowest BCUT2D eigenvalue weighted by atomic mass is 10.4. The Morgan fingerprint density at radius 2 is 1.60 bits per heavy atom. The van der Waals surface area contributed by atoms with Crippen molar-refractivity contribution in [2.75, 3.05) is 25.1 Å². The van der Waals surface area contributed by atoms with E-state index in [9.17, 15) is 9.59 Å². The molecule has 0 unspecified atom stereocenters. The molecule has 2 amide bonds. The van der Waals surface area contributed by atoms with E-state index < -0.39 is 0 Å². The van der Waals surface area contributed by atoms with Gasteiger partial charge in [0.05, 0.1) is 0 Å². The smallest absolute Gasteiger partial charge is 0.220 e. The maximum atomic E-state index is 11.0. The summed E-state index contributed by atoms with van der Waals surface area (Å²) in [4.78, 5) is 21.9. The predicted molar refractivity (Wildman–Crippen MR) is 66.9 cm³/mol. The number of carbonyl (C=O) groups is 2. The van der Waals surface area contributed by atoms with Crippen LogP contribution in [0.4, 0.5) is 0 Å². The number of nitrogens with one attached hydrogen (secondary N) is 2. The molecule has 0 spiro atoms. The average Bonchev–Trinajstić information content (AvgIpc) is 2.23. The summed E-state index contributed by atoms with van der Waals surface area (Å²) in [6, 6.07) is 0. The largest absolute Gasteiger partial charge is 0.359 e. The van der Waals surface area contributed by atoms with Crippen molar-refractivity contribution in [2.45, 2.75) is 19.8 Å². The number of carbonyl (C=O) groups excluding carboxylic acids is 2. The van der Waals surface area contributed by atoms with Crippen molar-refractivity contribution in [1.82, 2.24) is 10.6 Å². The highest BCUT2D eigenvalue weighted by atomic mass is 33.1. The van der Waals surface area contributed by atoms with Gasteiger partial charge in [-0.3, -0.25) is 9.59 Å². The van der Waals surface area contributed by atoms with Crippen LogP contribution >= 0.6 is 21.6 Å². The van der Waals surface area contributed by atoms with E-state index in [4.69, 9.17) is 0 Å². The third-order valence-corrected chi connectivity index (χ3v) is 3.97. The monoisotopic (exact) mass is 250 g/mol. The quantitative estimate of drug-likeness (QED) is 0.499. The van der Waals surface area contributed by atoms with Gasteiger partial charge in [0.1, 0.15) is 0 Å². The molecule has 0 aromatic heterocycles. The molecular weight excluding hydrogens is 232 g/mol. The van der Waals surface area contributed by atoms with Crippen LogP contribution in [0.15, 0.2) is 0 Å². The molecule has 0 radical (unpaired) electrons. The first-order valence-corrected chi connectivity index (χ1v) is 7.41. The van der Waals surface area contributed by atoms with Crippen molar-refractivity contribution in [3.05, 3.63) is 0 Å². The maximum Gasteiger partial charge on any atom is 0.220 e. The van der Waals surface area contributed by atoms with Crippen LogP contribution in [0.25, 0.3) is 0 Å². The Bertz CT molecular complexity index is 201. The van der Waals surface area contributed by atoms with E-state index in [2.05, 4.69) is 10.6 Å². The summed E-state index contributed by atoms with van der Waals surface area (Å²) in [5, 5.41) is 5.30. The number of amides is 2. The molecule has 0 bridgehead atoms. The Kier molecular flexibility index (Phi) is 9.92. The Balaban J connectivity index is 3.18. The molecule has 0 saturated carbocycles. The summed E-state index contributed by atoms with van der Waals surface area (Å²) >= 11 is 0. The first-order chi connectivity index (χ1) is 7.20. The summed E-state index contributed by atoms with van der Waals surface area (Å²) in [7, 11) is 4.90. The molecule has 2 N–H and O–H groups in total. The molecule has 6 heteroatoms. The Morgan fingerprint density at radius 1 is 1.07 bits per heavy atom. The predicted octanol–water partition coefficient (Wildman–Crippen LogP) is 1.03. The van der Waals surface area contributed by atoms with Crippen molar-refractivity contribution >= 4 is 33.4 Å². The molecule has 15 heavy (non-hydrogen) atoms. The van der Waals surface area contributed by atoms with Gasteiger partial charge in [-0.1, -0.05) is 21.6 Å². The summed E-state index contributed by atoms with van der Waals surface area (Å²) in [5.41, 5.74) is 0. The van der Waals surface area contributed by atoms with E-state index in [1.165, 1.54) is 0 Å². The van der Waals surface area contributed by atoms with E-state index in [1.807, 2.05) is 6.92 Å². The highest BCUT2D eigenvalue weighted by Crippen LogP contribution is 2.22. The molecule has 0 fully saturated rings. The van der Waals surface area contributed by atoms with Gasteiger partial charge >= 0.3 is 0 Å². The Morgan fingerprint density at radius 3 is 2.07 bits per heavy atom. The third kappa shape index (κ3) is 9.93. The lowest BCUT2D eigenvalue weighted by molar-refractivity contribution is -0.121. The van der Waals surface area contributed by atoms with Gasteiger partial charge in [-0.2, -0.15) is 0 Å². The molecule has 0 rings (SSSR count). The van der Waals surface area contributed by atoms with E-state index in [1.54, 1.807) is 28.6 Å². The number of hydrogen-bond donors (Lipinski definition) is 2. The van der Waals surface area contributed by atoms with E-state index in [0.29, 0.717) is 19.4 Å².